The van der Waals surface area contributed by atoms with Crippen molar-refractivity contribution in [2.24, 2.45) is 0 Å². The van der Waals surface area contributed by atoms with E-state index in [9.17, 15) is 21.9 Å². The van der Waals surface area contributed by atoms with Crippen LogP contribution < -0.4 is 0 Å². The highest BCUT2D eigenvalue weighted by Gasteiger charge is 2.45. The van der Waals surface area contributed by atoms with Gasteiger partial charge in [-0.15, -0.1) is 0 Å². The van der Waals surface area contributed by atoms with Crippen molar-refractivity contribution in [2.75, 3.05) is 11.5 Å². The lowest BCUT2D eigenvalue weighted by molar-refractivity contribution is 0.125. The van der Waals surface area contributed by atoms with Crippen molar-refractivity contribution in [3.63, 3.8) is 0 Å². The minimum absolute atomic E-state index is 0.00615. The molecule has 0 bridgehead atoms. The molecule has 1 N–H and O–H groups in total. The summed E-state index contributed by atoms with van der Waals surface area (Å²) >= 11 is 0. The number of sulfonamides is 1. The molecule has 1 fully saturated rings. The lowest BCUT2D eigenvalue weighted by Crippen LogP contribution is -2.46. The zero-order valence-corrected chi connectivity index (χ0v) is 16.9. The van der Waals surface area contributed by atoms with Crippen LogP contribution in [0.15, 0.2) is 53.4 Å². The monoisotopic (exact) mass is 409 g/mol. The van der Waals surface area contributed by atoms with E-state index < -0.39 is 37.8 Å². The molecule has 0 amide bonds. The van der Waals surface area contributed by atoms with Crippen LogP contribution in [0.1, 0.15) is 16.7 Å². The summed E-state index contributed by atoms with van der Waals surface area (Å²) in [7, 11) is -7.51. The smallest absolute Gasteiger partial charge is 0.244 e. The maximum Gasteiger partial charge on any atom is 0.244 e. The van der Waals surface area contributed by atoms with Gasteiger partial charge in [0.2, 0.25) is 10.0 Å². The minimum Gasteiger partial charge on any atom is -0.390 e. The second kappa shape index (κ2) is 7.35. The van der Waals surface area contributed by atoms with E-state index in [2.05, 4.69) is 0 Å². The van der Waals surface area contributed by atoms with Gasteiger partial charge < -0.3 is 5.11 Å². The Morgan fingerprint density at radius 3 is 2.33 bits per heavy atom. The van der Waals surface area contributed by atoms with Crippen LogP contribution in [0.25, 0.3) is 0 Å². The van der Waals surface area contributed by atoms with Crippen molar-refractivity contribution < 1.29 is 21.9 Å². The largest absolute Gasteiger partial charge is 0.390 e. The average Bonchev–Trinajstić information content (AvgIpc) is 2.87. The molecule has 6 nitrogen and oxygen atoms in total. The van der Waals surface area contributed by atoms with Crippen LogP contribution in [0.4, 0.5) is 0 Å². The van der Waals surface area contributed by atoms with Crippen LogP contribution in [0.5, 0.6) is 0 Å². The average molecular weight is 410 g/mol. The summed E-state index contributed by atoms with van der Waals surface area (Å²) in [6.07, 6.45) is -1.25. The SMILES string of the molecule is Cc1ccc(C)c(S(=O)(=O)N(Cc2ccccc2)[C@@H]2CS(=O)(=O)C[C@H]2O)c1. The molecular weight excluding hydrogens is 386 g/mol. The highest BCUT2D eigenvalue weighted by Crippen LogP contribution is 2.29. The zero-order chi connectivity index (χ0) is 19.8. The van der Waals surface area contributed by atoms with Gasteiger partial charge in [0.05, 0.1) is 28.5 Å². The van der Waals surface area contributed by atoms with Gasteiger partial charge in [-0.3, -0.25) is 0 Å². The van der Waals surface area contributed by atoms with Crippen LogP contribution in [-0.2, 0) is 26.4 Å². The first-order chi connectivity index (χ1) is 12.6. The van der Waals surface area contributed by atoms with E-state index in [4.69, 9.17) is 0 Å². The molecule has 1 aliphatic rings. The van der Waals surface area contributed by atoms with Gasteiger partial charge in [0.25, 0.3) is 0 Å². The second-order valence-electron chi connectivity index (χ2n) is 7.02. The highest BCUT2D eigenvalue weighted by molar-refractivity contribution is 7.92. The van der Waals surface area contributed by atoms with E-state index >= 15 is 0 Å². The molecule has 2 aromatic carbocycles. The number of aliphatic hydroxyl groups is 1. The lowest BCUT2D eigenvalue weighted by Gasteiger charge is -2.30. The molecule has 8 heteroatoms. The maximum absolute atomic E-state index is 13.5. The van der Waals surface area contributed by atoms with Gasteiger partial charge in [0, 0.05) is 6.54 Å². The third-order valence-corrected chi connectivity index (χ3v) is 8.49. The number of rotatable bonds is 5. The second-order valence-corrected chi connectivity index (χ2v) is 11.0. The highest BCUT2D eigenvalue weighted by atomic mass is 32.2. The first-order valence-corrected chi connectivity index (χ1v) is 11.9. The van der Waals surface area contributed by atoms with Crippen molar-refractivity contribution in [1.82, 2.24) is 4.31 Å². The van der Waals surface area contributed by atoms with Crippen molar-refractivity contribution in [3.05, 3.63) is 65.2 Å². The van der Waals surface area contributed by atoms with Gasteiger partial charge in [-0.05, 0) is 36.6 Å². The molecule has 0 aromatic heterocycles. The predicted molar refractivity (Wildman–Crippen MR) is 104 cm³/mol. The third kappa shape index (κ3) is 4.24. The summed E-state index contributed by atoms with van der Waals surface area (Å²) in [6, 6.07) is 13.1. The van der Waals surface area contributed by atoms with Crippen molar-refractivity contribution in [3.8, 4) is 0 Å². The summed E-state index contributed by atoms with van der Waals surface area (Å²) in [5.41, 5.74) is 2.09. The molecule has 3 rings (SSSR count). The Morgan fingerprint density at radius 2 is 1.74 bits per heavy atom. The van der Waals surface area contributed by atoms with Crippen LogP contribution in [0.2, 0.25) is 0 Å². The van der Waals surface area contributed by atoms with Gasteiger partial charge >= 0.3 is 0 Å². The molecule has 1 heterocycles. The molecule has 0 radical (unpaired) electrons. The molecule has 0 aliphatic carbocycles. The summed E-state index contributed by atoms with van der Waals surface area (Å²) < 4.78 is 52.1. The summed E-state index contributed by atoms with van der Waals surface area (Å²) in [6.45, 7) is 3.50. The van der Waals surface area contributed by atoms with Crippen LogP contribution in [0, 0.1) is 13.8 Å². The number of aliphatic hydroxyl groups excluding tert-OH is 1. The Balaban J connectivity index is 2.10. The molecule has 0 unspecified atom stereocenters. The van der Waals surface area contributed by atoms with E-state index in [0.717, 1.165) is 15.4 Å². The molecule has 1 aliphatic heterocycles. The number of benzene rings is 2. The van der Waals surface area contributed by atoms with Gasteiger partial charge in [-0.2, -0.15) is 4.31 Å². The van der Waals surface area contributed by atoms with Gasteiger partial charge in [0.1, 0.15) is 0 Å². The molecule has 2 aromatic rings. The molecular formula is C19H23NO5S2. The van der Waals surface area contributed by atoms with E-state index in [0.29, 0.717) is 5.56 Å². The molecule has 146 valence electrons. The number of sulfone groups is 1. The van der Waals surface area contributed by atoms with Crippen LogP contribution in [0.3, 0.4) is 0 Å². The molecule has 0 spiro atoms. The van der Waals surface area contributed by atoms with Crippen molar-refractivity contribution >= 4 is 19.9 Å². The maximum atomic E-state index is 13.5. The fourth-order valence-corrected chi connectivity index (χ4v) is 7.19. The number of hydrogen-bond acceptors (Lipinski definition) is 5. The Hall–Kier alpha value is -1.74. The van der Waals surface area contributed by atoms with Gasteiger partial charge in [0.15, 0.2) is 9.84 Å². The predicted octanol–water partition coefficient (Wildman–Crippen LogP) is 1.65. The Morgan fingerprint density at radius 1 is 1.07 bits per heavy atom. The third-order valence-electron chi connectivity index (χ3n) is 4.77. The van der Waals surface area contributed by atoms with E-state index in [1.165, 1.54) is 0 Å². The number of nitrogens with zero attached hydrogens (tertiary/aromatic N) is 1. The fraction of sp³-hybridized carbons (Fsp3) is 0.368. The van der Waals surface area contributed by atoms with Crippen molar-refractivity contribution in [1.29, 1.82) is 0 Å². The zero-order valence-electron chi connectivity index (χ0n) is 15.2. The van der Waals surface area contributed by atoms with Gasteiger partial charge in [-0.1, -0.05) is 42.5 Å². The number of hydrogen-bond donors (Lipinski definition) is 1. The van der Waals surface area contributed by atoms with E-state index in [-0.39, 0.29) is 17.2 Å². The minimum atomic E-state index is -4.01. The van der Waals surface area contributed by atoms with Gasteiger partial charge in [-0.25, -0.2) is 16.8 Å². The first-order valence-electron chi connectivity index (χ1n) is 8.62. The fourth-order valence-electron chi connectivity index (χ4n) is 3.34. The number of aryl methyl sites for hydroxylation is 2. The summed E-state index contributed by atoms with van der Waals surface area (Å²) in [5, 5.41) is 10.3. The quantitative estimate of drug-likeness (QED) is 0.811. The van der Waals surface area contributed by atoms with E-state index in [1.54, 1.807) is 50.2 Å². The Kier molecular flexibility index (Phi) is 5.45. The molecule has 27 heavy (non-hydrogen) atoms. The van der Waals surface area contributed by atoms with Crippen LogP contribution >= 0.6 is 0 Å². The summed E-state index contributed by atoms with van der Waals surface area (Å²) in [5.74, 6) is -0.809. The first kappa shape index (κ1) is 20.0. The lowest BCUT2D eigenvalue weighted by atomic mass is 10.2. The molecule has 2 atom stereocenters. The van der Waals surface area contributed by atoms with Crippen molar-refractivity contribution in [2.45, 2.75) is 37.4 Å². The Labute approximate surface area is 160 Å². The van der Waals surface area contributed by atoms with E-state index in [1.807, 2.05) is 12.1 Å². The van der Waals surface area contributed by atoms with Crippen LogP contribution in [-0.4, -0.2) is 49.9 Å². The normalized spacial score (nSPS) is 22.2. The summed E-state index contributed by atoms with van der Waals surface area (Å²) in [4.78, 5) is 0.134. The topological polar surface area (TPSA) is 91.8 Å². The Bertz CT molecular complexity index is 1030. The standard InChI is InChI=1S/C19H23NO5S2/c1-14-8-9-15(2)19(10-14)27(24,25)20(11-16-6-4-3-5-7-16)17-12-26(22,23)13-18(17)21/h3-10,17-18,21H,11-13H2,1-2H3/t17-,18-/m1/s1. The molecule has 0 saturated carbocycles. The molecule has 1 saturated heterocycles.